The van der Waals surface area contributed by atoms with Crippen LogP contribution in [0.1, 0.15) is 37.3 Å². The summed E-state index contributed by atoms with van der Waals surface area (Å²) >= 11 is 0. The van der Waals surface area contributed by atoms with E-state index in [0.29, 0.717) is 31.4 Å². The highest BCUT2D eigenvalue weighted by Gasteiger charge is 2.72. The number of nitrogens with two attached hydrogens (primary N) is 1. The molecule has 1 aromatic rings. The third-order valence-corrected chi connectivity index (χ3v) is 7.09. The molecule has 27 heavy (non-hydrogen) atoms. The van der Waals surface area contributed by atoms with Crippen LogP contribution in [0, 0.1) is 0 Å². The van der Waals surface area contributed by atoms with Crippen molar-refractivity contribution in [2.24, 2.45) is 5.73 Å². The van der Waals surface area contributed by atoms with Gasteiger partial charge in [0.15, 0.2) is 23.4 Å². The number of ether oxygens (including phenoxy) is 2. The van der Waals surface area contributed by atoms with Crippen LogP contribution in [0.2, 0.25) is 0 Å². The van der Waals surface area contributed by atoms with Gasteiger partial charge in [0.05, 0.1) is 11.0 Å². The Hall–Kier alpha value is -1.96. The van der Waals surface area contributed by atoms with Crippen LogP contribution < -0.4 is 15.2 Å². The Kier molecular flexibility index (Phi) is 3.37. The highest BCUT2D eigenvalue weighted by Crippen LogP contribution is 2.64. The molecule has 2 heterocycles. The van der Waals surface area contributed by atoms with Gasteiger partial charge in [0, 0.05) is 18.0 Å². The molecule has 1 saturated carbocycles. The lowest BCUT2D eigenvalue weighted by atomic mass is 9.49. The molecule has 5 rings (SSSR count). The minimum absolute atomic E-state index is 0.0106. The number of hydrogen-bond acceptors (Lipinski definition) is 7. The first kappa shape index (κ1) is 17.2. The van der Waals surface area contributed by atoms with E-state index in [1.54, 1.807) is 13.0 Å². The second-order valence-corrected chi connectivity index (χ2v) is 8.45. The second kappa shape index (κ2) is 5.31. The number of esters is 1. The molecule has 0 aromatic heterocycles. The first-order valence-electron chi connectivity index (χ1n) is 9.55. The predicted octanol–water partition coefficient (Wildman–Crippen LogP) is 0.292. The van der Waals surface area contributed by atoms with Gasteiger partial charge in [-0.3, -0.25) is 4.79 Å². The molecule has 0 amide bonds. The van der Waals surface area contributed by atoms with Gasteiger partial charge >= 0.3 is 5.97 Å². The molecular formula is C20H24N2O5. The number of nitrogens with zero attached hydrogens (tertiary/aromatic N) is 1. The highest BCUT2D eigenvalue weighted by molar-refractivity contribution is 5.90. The monoisotopic (exact) mass is 372 g/mol. The summed E-state index contributed by atoms with van der Waals surface area (Å²) < 4.78 is 11.6. The van der Waals surface area contributed by atoms with Gasteiger partial charge in [0.1, 0.15) is 6.04 Å². The van der Waals surface area contributed by atoms with Crippen molar-refractivity contribution in [1.29, 1.82) is 0 Å². The number of ketones is 1. The summed E-state index contributed by atoms with van der Waals surface area (Å²) in [6.45, 7) is 2.34. The molecule has 1 saturated heterocycles. The Morgan fingerprint density at radius 2 is 2.22 bits per heavy atom. The number of aliphatic hydroxyl groups is 1. The summed E-state index contributed by atoms with van der Waals surface area (Å²) in [5, 5.41) is 11.9. The van der Waals surface area contributed by atoms with E-state index in [4.69, 9.17) is 15.2 Å². The third-order valence-electron chi connectivity index (χ3n) is 7.09. The Balaban J connectivity index is 1.73. The number of Topliss-reactive ketones (excluding diaryl/α,β-unsaturated/α-hetero) is 1. The van der Waals surface area contributed by atoms with Gasteiger partial charge < -0.3 is 25.2 Å². The van der Waals surface area contributed by atoms with Crippen molar-refractivity contribution in [3.63, 3.8) is 0 Å². The maximum atomic E-state index is 12.8. The Labute approximate surface area is 157 Å². The van der Waals surface area contributed by atoms with Crippen LogP contribution in [0.3, 0.4) is 0 Å². The summed E-state index contributed by atoms with van der Waals surface area (Å²) in [7, 11) is 2.03. The van der Waals surface area contributed by atoms with E-state index in [9.17, 15) is 14.7 Å². The molecule has 2 aliphatic heterocycles. The lowest BCUT2D eigenvalue weighted by molar-refractivity contribution is -0.185. The minimum atomic E-state index is -1.03. The smallest absolute Gasteiger partial charge is 0.328 e. The van der Waals surface area contributed by atoms with E-state index in [1.165, 1.54) is 0 Å². The topological polar surface area (TPSA) is 102 Å². The van der Waals surface area contributed by atoms with E-state index >= 15 is 0 Å². The van der Waals surface area contributed by atoms with Crippen molar-refractivity contribution in [1.82, 2.24) is 4.90 Å². The van der Waals surface area contributed by atoms with Gasteiger partial charge in [-0.25, -0.2) is 4.79 Å². The zero-order valence-corrected chi connectivity index (χ0v) is 15.5. The van der Waals surface area contributed by atoms with Crippen molar-refractivity contribution in [2.45, 2.75) is 61.8 Å². The molecule has 3 N–H and O–H groups in total. The average molecular weight is 372 g/mol. The summed E-state index contributed by atoms with van der Waals surface area (Å²) in [6.07, 6.45) is 1.33. The number of likely N-dealkylation sites (tertiary alicyclic amines) is 1. The highest BCUT2D eigenvalue weighted by atomic mass is 16.6. The number of hydrogen-bond donors (Lipinski definition) is 2. The van der Waals surface area contributed by atoms with E-state index in [0.717, 1.165) is 17.7 Å². The number of rotatable bonds is 2. The molecule has 0 radical (unpaired) electrons. The van der Waals surface area contributed by atoms with Crippen molar-refractivity contribution in [3.8, 4) is 11.5 Å². The molecule has 2 bridgehead atoms. The fourth-order valence-corrected chi connectivity index (χ4v) is 5.81. The van der Waals surface area contributed by atoms with E-state index < -0.39 is 29.1 Å². The third kappa shape index (κ3) is 1.92. The fourth-order valence-electron chi connectivity index (χ4n) is 5.81. The van der Waals surface area contributed by atoms with Gasteiger partial charge in [-0.15, -0.1) is 0 Å². The number of piperidine rings is 1. The Morgan fingerprint density at radius 3 is 2.96 bits per heavy atom. The zero-order valence-electron chi connectivity index (χ0n) is 15.5. The fraction of sp³-hybridized carbons (Fsp3) is 0.600. The molecule has 7 nitrogen and oxygen atoms in total. The lowest BCUT2D eigenvalue weighted by Crippen LogP contribution is -2.76. The maximum absolute atomic E-state index is 12.8. The zero-order chi connectivity index (χ0) is 19.1. The molecule has 1 aromatic carbocycles. The van der Waals surface area contributed by atoms with Crippen LogP contribution in [-0.2, 0) is 21.4 Å². The quantitative estimate of drug-likeness (QED) is 0.568. The average Bonchev–Trinajstić information content (AvgIpc) is 2.98. The lowest BCUT2D eigenvalue weighted by Gasteiger charge is -2.62. The van der Waals surface area contributed by atoms with Gasteiger partial charge in [-0.1, -0.05) is 6.07 Å². The van der Waals surface area contributed by atoms with E-state index in [-0.39, 0.29) is 17.6 Å². The van der Waals surface area contributed by atoms with Gasteiger partial charge in [-0.05, 0) is 51.4 Å². The summed E-state index contributed by atoms with van der Waals surface area (Å²) in [4.78, 5) is 27.1. The van der Waals surface area contributed by atoms with Crippen molar-refractivity contribution in [3.05, 3.63) is 23.3 Å². The predicted molar refractivity (Wildman–Crippen MR) is 95.8 cm³/mol. The molecule has 7 heteroatoms. The summed E-state index contributed by atoms with van der Waals surface area (Å²) in [5.41, 5.74) is 5.76. The summed E-state index contributed by atoms with van der Waals surface area (Å²) in [6, 6.07) is 2.83. The first-order valence-corrected chi connectivity index (χ1v) is 9.55. The Morgan fingerprint density at radius 1 is 1.44 bits per heavy atom. The second-order valence-electron chi connectivity index (χ2n) is 8.45. The molecule has 144 valence electrons. The first-order chi connectivity index (χ1) is 12.8. The number of benzene rings is 1. The molecule has 5 atom stereocenters. The standard InChI is InChI=1S/C20H24N2O5/c1-10(21)18(24)26-13-4-3-11-9-14-20(25)6-5-12(23)17-19(20,7-8-22(14)2)15(11)16(13)27-17/h3-4,10,14,17,25H,5-9,21H2,1-2H3/t10-,14+,17-,19-,20+/m0/s1. The molecule has 4 aliphatic rings. The van der Waals surface area contributed by atoms with Gasteiger partial charge in [0.2, 0.25) is 0 Å². The molecule has 1 spiro atoms. The molecule has 2 aliphatic carbocycles. The molecular weight excluding hydrogens is 348 g/mol. The maximum Gasteiger partial charge on any atom is 0.328 e. The van der Waals surface area contributed by atoms with Crippen LogP contribution in [0.15, 0.2) is 12.1 Å². The number of likely N-dealkylation sites (N-methyl/N-ethyl adjacent to an activating group) is 1. The van der Waals surface area contributed by atoms with Crippen molar-refractivity contribution < 1.29 is 24.2 Å². The van der Waals surface area contributed by atoms with Crippen LogP contribution >= 0.6 is 0 Å². The largest absolute Gasteiger partial charge is 0.477 e. The van der Waals surface area contributed by atoms with Crippen LogP contribution in [-0.4, -0.2) is 59.1 Å². The molecule has 2 fully saturated rings. The van der Waals surface area contributed by atoms with Crippen molar-refractivity contribution in [2.75, 3.05) is 13.6 Å². The van der Waals surface area contributed by atoms with Crippen LogP contribution in [0.25, 0.3) is 0 Å². The van der Waals surface area contributed by atoms with E-state index in [2.05, 4.69) is 4.90 Å². The van der Waals surface area contributed by atoms with Crippen LogP contribution in [0.5, 0.6) is 11.5 Å². The minimum Gasteiger partial charge on any atom is -0.477 e. The van der Waals surface area contributed by atoms with Crippen LogP contribution in [0.4, 0.5) is 0 Å². The number of carbonyl (C=O) groups is 2. The SMILES string of the molecule is C[C@H](N)C(=O)Oc1ccc2c3c1O[C@H]1C(=O)CC[C@@]4(O)[C@@H](C2)N(C)CC[C@]314. The number of carbonyl (C=O) groups excluding carboxylic acids is 2. The Bertz CT molecular complexity index is 868. The van der Waals surface area contributed by atoms with Gasteiger partial charge in [0.25, 0.3) is 0 Å². The van der Waals surface area contributed by atoms with E-state index in [1.807, 2.05) is 13.1 Å². The summed E-state index contributed by atoms with van der Waals surface area (Å²) in [5.74, 6) is 0.174. The molecule has 0 unspecified atom stereocenters. The van der Waals surface area contributed by atoms with Gasteiger partial charge in [-0.2, -0.15) is 0 Å². The normalized spacial score (nSPS) is 37.4. The van der Waals surface area contributed by atoms with Crippen molar-refractivity contribution >= 4 is 11.8 Å².